The maximum absolute atomic E-state index is 12.1. The number of benzene rings is 2. The van der Waals surface area contributed by atoms with Gasteiger partial charge in [0, 0.05) is 22.6 Å². The van der Waals surface area contributed by atoms with E-state index in [0.717, 1.165) is 0 Å². The van der Waals surface area contributed by atoms with Crippen molar-refractivity contribution < 1.29 is 9.90 Å². The molecule has 0 aliphatic heterocycles. The molecule has 2 rings (SSSR count). The number of aryl methyl sites for hydroxylation is 1. The van der Waals surface area contributed by atoms with Gasteiger partial charge in [0.2, 0.25) is 0 Å². The van der Waals surface area contributed by atoms with Gasteiger partial charge in [0.1, 0.15) is 17.4 Å². The monoisotopic (exact) mass is 327 g/mol. The predicted molar refractivity (Wildman–Crippen MR) is 90.2 cm³/mol. The van der Waals surface area contributed by atoms with E-state index >= 15 is 0 Å². The van der Waals surface area contributed by atoms with E-state index in [1.165, 1.54) is 18.3 Å². The number of hydrogen-bond acceptors (Lipinski definition) is 4. The van der Waals surface area contributed by atoms with Crippen molar-refractivity contribution in [3.05, 3.63) is 64.8 Å². The molecule has 2 aromatic carbocycles. The lowest BCUT2D eigenvalue weighted by Gasteiger charge is -2.08. The van der Waals surface area contributed by atoms with E-state index in [1.54, 1.807) is 37.3 Å². The Kier molecular flexibility index (Phi) is 5.23. The van der Waals surface area contributed by atoms with Gasteiger partial charge in [0.25, 0.3) is 5.91 Å². The first-order chi connectivity index (χ1) is 11.0. The Balaban J connectivity index is 2.12. The van der Waals surface area contributed by atoms with Gasteiger partial charge < -0.3 is 15.7 Å². The van der Waals surface area contributed by atoms with Crippen molar-refractivity contribution in [1.29, 1.82) is 5.26 Å². The second-order valence-corrected chi connectivity index (χ2v) is 5.21. The van der Waals surface area contributed by atoms with Crippen LogP contribution in [0.25, 0.3) is 0 Å². The van der Waals surface area contributed by atoms with Crippen LogP contribution in [-0.2, 0) is 4.79 Å². The first-order valence-electron chi connectivity index (χ1n) is 6.73. The third-order valence-electron chi connectivity index (χ3n) is 3.03. The highest BCUT2D eigenvalue weighted by Crippen LogP contribution is 2.21. The topological polar surface area (TPSA) is 85.2 Å². The molecule has 3 N–H and O–H groups in total. The van der Waals surface area contributed by atoms with Crippen LogP contribution in [0.5, 0.6) is 5.75 Å². The molecule has 0 spiro atoms. The number of aromatic hydroxyl groups is 1. The van der Waals surface area contributed by atoms with Gasteiger partial charge in [-0.05, 0) is 48.9 Å². The number of nitriles is 1. The molecule has 0 saturated heterocycles. The SMILES string of the molecule is Cc1cc(O)ccc1NC(=O)/C(C#N)=C\Nc1cccc(Cl)c1. The lowest BCUT2D eigenvalue weighted by Crippen LogP contribution is -2.15. The molecular weight excluding hydrogens is 314 g/mol. The Bertz CT molecular complexity index is 810. The van der Waals surface area contributed by atoms with E-state index in [4.69, 9.17) is 16.9 Å². The first-order valence-corrected chi connectivity index (χ1v) is 7.11. The number of rotatable bonds is 4. The number of nitrogens with zero attached hydrogens (tertiary/aromatic N) is 1. The van der Waals surface area contributed by atoms with Crippen molar-refractivity contribution in [2.24, 2.45) is 0 Å². The van der Waals surface area contributed by atoms with Crippen LogP contribution in [0, 0.1) is 18.3 Å². The maximum Gasteiger partial charge on any atom is 0.267 e. The third-order valence-corrected chi connectivity index (χ3v) is 3.27. The van der Waals surface area contributed by atoms with E-state index in [2.05, 4.69) is 10.6 Å². The summed E-state index contributed by atoms with van der Waals surface area (Å²) in [5, 5.41) is 24.5. The van der Waals surface area contributed by atoms with Gasteiger partial charge in [-0.1, -0.05) is 17.7 Å². The Morgan fingerprint density at radius 3 is 2.74 bits per heavy atom. The average molecular weight is 328 g/mol. The van der Waals surface area contributed by atoms with Crippen molar-refractivity contribution in [3.8, 4) is 11.8 Å². The molecular formula is C17H14ClN3O2. The van der Waals surface area contributed by atoms with E-state index < -0.39 is 5.91 Å². The summed E-state index contributed by atoms with van der Waals surface area (Å²) in [6.07, 6.45) is 1.32. The van der Waals surface area contributed by atoms with Crippen LogP contribution in [0.4, 0.5) is 11.4 Å². The molecule has 0 aromatic heterocycles. The molecule has 2 aromatic rings. The van der Waals surface area contributed by atoms with Gasteiger partial charge in [0.15, 0.2) is 0 Å². The van der Waals surface area contributed by atoms with Crippen LogP contribution in [-0.4, -0.2) is 11.0 Å². The van der Waals surface area contributed by atoms with E-state index in [0.29, 0.717) is 22.0 Å². The van der Waals surface area contributed by atoms with Crippen LogP contribution >= 0.6 is 11.6 Å². The Morgan fingerprint density at radius 2 is 2.09 bits per heavy atom. The van der Waals surface area contributed by atoms with Crippen LogP contribution in [0.1, 0.15) is 5.56 Å². The van der Waals surface area contributed by atoms with Crippen LogP contribution in [0.3, 0.4) is 0 Å². The highest BCUT2D eigenvalue weighted by molar-refractivity contribution is 6.30. The highest BCUT2D eigenvalue weighted by Gasteiger charge is 2.11. The third kappa shape index (κ3) is 4.50. The summed E-state index contributed by atoms with van der Waals surface area (Å²) in [4.78, 5) is 12.1. The summed E-state index contributed by atoms with van der Waals surface area (Å²) in [6, 6.07) is 13.3. The zero-order valence-corrected chi connectivity index (χ0v) is 13.1. The molecule has 0 heterocycles. The minimum atomic E-state index is -0.546. The number of nitrogens with one attached hydrogen (secondary N) is 2. The maximum atomic E-state index is 12.1. The molecule has 23 heavy (non-hydrogen) atoms. The van der Waals surface area contributed by atoms with E-state index in [-0.39, 0.29) is 11.3 Å². The molecule has 0 radical (unpaired) electrons. The van der Waals surface area contributed by atoms with Crippen LogP contribution < -0.4 is 10.6 Å². The molecule has 0 atom stereocenters. The van der Waals surface area contributed by atoms with Crippen molar-refractivity contribution in [1.82, 2.24) is 0 Å². The molecule has 0 bridgehead atoms. The number of carbonyl (C=O) groups excluding carboxylic acids is 1. The standard InChI is InChI=1S/C17H14ClN3O2/c1-11-7-15(22)5-6-16(11)21-17(23)12(9-19)10-20-14-4-2-3-13(18)8-14/h2-8,10,20,22H,1H3,(H,21,23)/b12-10-. The molecule has 0 aliphatic rings. The number of phenolic OH excluding ortho intramolecular Hbond substituents is 1. The van der Waals surface area contributed by atoms with E-state index in [1.807, 2.05) is 6.07 Å². The van der Waals surface area contributed by atoms with Gasteiger partial charge >= 0.3 is 0 Å². The number of amides is 1. The van der Waals surface area contributed by atoms with Crippen LogP contribution in [0.15, 0.2) is 54.2 Å². The summed E-state index contributed by atoms with van der Waals surface area (Å²) in [5.41, 5.74) is 1.80. The summed E-state index contributed by atoms with van der Waals surface area (Å²) in [7, 11) is 0. The fraction of sp³-hybridized carbons (Fsp3) is 0.0588. The van der Waals surface area contributed by atoms with Crippen molar-refractivity contribution in [2.45, 2.75) is 6.92 Å². The largest absolute Gasteiger partial charge is 0.508 e. The summed E-state index contributed by atoms with van der Waals surface area (Å²) >= 11 is 5.87. The molecule has 1 amide bonds. The van der Waals surface area contributed by atoms with Gasteiger partial charge in [-0.15, -0.1) is 0 Å². The van der Waals surface area contributed by atoms with Crippen molar-refractivity contribution >= 4 is 28.9 Å². The zero-order chi connectivity index (χ0) is 16.8. The fourth-order valence-electron chi connectivity index (χ4n) is 1.86. The molecule has 6 heteroatoms. The van der Waals surface area contributed by atoms with Crippen molar-refractivity contribution in [2.75, 3.05) is 10.6 Å². The van der Waals surface area contributed by atoms with Gasteiger partial charge in [-0.25, -0.2) is 0 Å². The zero-order valence-electron chi connectivity index (χ0n) is 12.3. The second kappa shape index (κ2) is 7.34. The number of anilines is 2. The number of halogens is 1. The first kappa shape index (κ1) is 16.4. The lowest BCUT2D eigenvalue weighted by molar-refractivity contribution is -0.112. The number of hydrogen-bond donors (Lipinski definition) is 3. The van der Waals surface area contributed by atoms with Gasteiger partial charge in [-0.2, -0.15) is 5.26 Å². The molecule has 0 saturated carbocycles. The van der Waals surface area contributed by atoms with Crippen LogP contribution in [0.2, 0.25) is 5.02 Å². The Hall–Kier alpha value is -2.97. The van der Waals surface area contributed by atoms with E-state index in [9.17, 15) is 9.90 Å². The molecule has 0 aliphatic carbocycles. The smallest absolute Gasteiger partial charge is 0.267 e. The number of carbonyl (C=O) groups is 1. The molecule has 116 valence electrons. The molecule has 5 nitrogen and oxygen atoms in total. The highest BCUT2D eigenvalue weighted by atomic mass is 35.5. The van der Waals surface area contributed by atoms with Gasteiger partial charge in [-0.3, -0.25) is 4.79 Å². The minimum absolute atomic E-state index is 0.0857. The lowest BCUT2D eigenvalue weighted by atomic mass is 10.2. The average Bonchev–Trinajstić information content (AvgIpc) is 2.51. The Morgan fingerprint density at radius 1 is 1.30 bits per heavy atom. The quantitative estimate of drug-likeness (QED) is 0.453. The summed E-state index contributed by atoms with van der Waals surface area (Å²) < 4.78 is 0. The molecule has 0 fully saturated rings. The second-order valence-electron chi connectivity index (χ2n) is 4.78. The van der Waals surface area contributed by atoms with Crippen molar-refractivity contribution in [3.63, 3.8) is 0 Å². The fourth-order valence-corrected chi connectivity index (χ4v) is 2.05. The summed E-state index contributed by atoms with van der Waals surface area (Å²) in [6.45, 7) is 1.75. The molecule has 0 unspecified atom stereocenters. The number of phenols is 1. The Labute approximate surface area is 138 Å². The normalized spacial score (nSPS) is 10.7. The van der Waals surface area contributed by atoms with Gasteiger partial charge in [0.05, 0.1) is 0 Å². The predicted octanol–water partition coefficient (Wildman–Crippen LogP) is 3.81. The minimum Gasteiger partial charge on any atom is -0.508 e. The summed E-state index contributed by atoms with van der Waals surface area (Å²) in [5.74, 6) is -0.435.